The molecule has 0 radical (unpaired) electrons. The molecule has 0 aliphatic carbocycles. The van der Waals surface area contributed by atoms with E-state index in [4.69, 9.17) is 5.11 Å². The van der Waals surface area contributed by atoms with Gasteiger partial charge in [0.1, 0.15) is 0 Å². The van der Waals surface area contributed by atoms with Gasteiger partial charge in [-0.15, -0.1) is 0 Å². The summed E-state index contributed by atoms with van der Waals surface area (Å²) in [4.78, 5) is 24.1. The monoisotopic (exact) mass is 238 g/mol. The molecule has 82 valence electrons. The molecule has 16 heavy (non-hydrogen) atoms. The fourth-order valence-corrected chi connectivity index (χ4v) is 2.17. The third-order valence-electron chi connectivity index (χ3n) is 2.01. The number of nitrogens with one attached hydrogen (secondary N) is 1. The summed E-state index contributed by atoms with van der Waals surface area (Å²) in [6, 6.07) is 2.90. The van der Waals surface area contributed by atoms with Crippen molar-refractivity contribution in [2.45, 2.75) is 0 Å². The first-order chi connectivity index (χ1) is 7.59. The third-order valence-corrected chi connectivity index (χ3v) is 3.08. The number of nitro groups is 1. The molecule has 2 heterocycles. The molecule has 0 amide bonds. The summed E-state index contributed by atoms with van der Waals surface area (Å²) in [5, 5.41) is 19.4. The molecular formula is C9H6N2O4S. The molecule has 0 atom stereocenters. The number of hydrogen-bond acceptors (Lipinski definition) is 4. The normalized spacial score (nSPS) is 10.2. The molecule has 6 nitrogen and oxygen atoms in total. The van der Waals surface area contributed by atoms with Crippen molar-refractivity contribution in [2.24, 2.45) is 0 Å². The van der Waals surface area contributed by atoms with Crippen LogP contribution in [0.4, 0.5) is 5.00 Å². The van der Waals surface area contributed by atoms with Gasteiger partial charge in [0.25, 0.3) is 0 Å². The van der Waals surface area contributed by atoms with Crippen LogP contribution in [-0.4, -0.2) is 21.0 Å². The summed E-state index contributed by atoms with van der Waals surface area (Å²) in [6.45, 7) is 0. The molecule has 7 heteroatoms. The van der Waals surface area contributed by atoms with E-state index in [1.807, 2.05) is 0 Å². The highest BCUT2D eigenvalue weighted by Crippen LogP contribution is 2.34. The number of carboxylic acid groups (broad SMARTS) is 1. The van der Waals surface area contributed by atoms with E-state index < -0.39 is 10.9 Å². The number of thiophene rings is 1. The van der Waals surface area contributed by atoms with Gasteiger partial charge in [-0.2, -0.15) is 0 Å². The first-order valence-corrected chi connectivity index (χ1v) is 5.06. The van der Waals surface area contributed by atoms with Gasteiger partial charge < -0.3 is 10.1 Å². The highest BCUT2D eigenvalue weighted by Gasteiger charge is 2.17. The van der Waals surface area contributed by atoms with Crippen molar-refractivity contribution in [1.29, 1.82) is 0 Å². The zero-order chi connectivity index (χ0) is 11.7. The lowest BCUT2D eigenvalue weighted by atomic mass is 10.2. The Morgan fingerprint density at radius 3 is 2.75 bits per heavy atom. The topological polar surface area (TPSA) is 96.2 Å². The Labute approximate surface area is 93.3 Å². The molecule has 2 aromatic rings. The number of carboxylic acids is 1. The van der Waals surface area contributed by atoms with Crippen LogP contribution in [0, 0.1) is 10.1 Å². The van der Waals surface area contributed by atoms with Gasteiger partial charge in [-0.25, -0.2) is 4.79 Å². The highest BCUT2D eigenvalue weighted by atomic mass is 32.1. The maximum atomic E-state index is 10.8. The summed E-state index contributed by atoms with van der Waals surface area (Å²) in [7, 11) is 0. The maximum absolute atomic E-state index is 10.8. The zero-order valence-corrected chi connectivity index (χ0v) is 8.65. The van der Waals surface area contributed by atoms with Gasteiger partial charge >= 0.3 is 11.0 Å². The number of aromatic nitrogens is 1. The van der Waals surface area contributed by atoms with Crippen LogP contribution in [-0.2, 0) is 0 Å². The lowest BCUT2D eigenvalue weighted by Crippen LogP contribution is -1.94. The minimum absolute atomic E-state index is 0.00691. The van der Waals surface area contributed by atoms with Gasteiger partial charge in [0, 0.05) is 28.9 Å². The predicted molar refractivity (Wildman–Crippen MR) is 57.7 cm³/mol. The van der Waals surface area contributed by atoms with Gasteiger partial charge in [0.2, 0.25) is 0 Å². The largest absolute Gasteiger partial charge is 0.478 e. The number of carbonyl (C=O) groups is 1. The van der Waals surface area contributed by atoms with Crippen molar-refractivity contribution in [3.8, 4) is 10.4 Å². The Morgan fingerprint density at radius 1 is 1.44 bits per heavy atom. The van der Waals surface area contributed by atoms with Crippen molar-refractivity contribution in [3.63, 3.8) is 0 Å². The molecular weight excluding hydrogens is 232 g/mol. The van der Waals surface area contributed by atoms with Crippen molar-refractivity contribution >= 4 is 22.3 Å². The molecule has 0 saturated heterocycles. The van der Waals surface area contributed by atoms with Crippen LogP contribution in [0.5, 0.6) is 0 Å². The summed E-state index contributed by atoms with van der Waals surface area (Å²) in [5.74, 6) is -1.06. The van der Waals surface area contributed by atoms with E-state index in [-0.39, 0.29) is 10.6 Å². The number of hydrogen-bond donors (Lipinski definition) is 2. The van der Waals surface area contributed by atoms with Gasteiger partial charge in [-0.05, 0) is 6.07 Å². The second-order valence-electron chi connectivity index (χ2n) is 2.98. The van der Waals surface area contributed by atoms with Crippen LogP contribution in [0.25, 0.3) is 10.4 Å². The number of nitrogens with zero attached hydrogens (tertiary/aromatic N) is 1. The number of aromatic carboxylic acids is 1. The minimum Gasteiger partial charge on any atom is -0.478 e. The van der Waals surface area contributed by atoms with Crippen LogP contribution >= 0.6 is 11.3 Å². The Kier molecular flexibility index (Phi) is 2.45. The van der Waals surface area contributed by atoms with Gasteiger partial charge in [-0.1, -0.05) is 11.3 Å². The zero-order valence-electron chi connectivity index (χ0n) is 7.84. The molecule has 0 unspecified atom stereocenters. The Hall–Kier alpha value is -2.15. The summed E-state index contributed by atoms with van der Waals surface area (Å²) in [6.07, 6.45) is 2.86. The quantitative estimate of drug-likeness (QED) is 0.633. The van der Waals surface area contributed by atoms with Crippen LogP contribution in [0.15, 0.2) is 24.5 Å². The van der Waals surface area contributed by atoms with Crippen molar-refractivity contribution in [3.05, 3.63) is 40.2 Å². The number of rotatable bonds is 3. The molecule has 0 saturated carbocycles. The first kappa shape index (κ1) is 10.4. The van der Waals surface area contributed by atoms with E-state index in [2.05, 4.69) is 4.98 Å². The van der Waals surface area contributed by atoms with Crippen LogP contribution in [0.3, 0.4) is 0 Å². The van der Waals surface area contributed by atoms with Crippen LogP contribution < -0.4 is 0 Å². The molecule has 2 aromatic heterocycles. The maximum Gasteiger partial charge on any atom is 0.337 e. The van der Waals surface area contributed by atoms with E-state index in [1.54, 1.807) is 6.07 Å². The van der Waals surface area contributed by atoms with Gasteiger partial charge in [0.05, 0.1) is 10.5 Å². The van der Waals surface area contributed by atoms with Crippen LogP contribution in [0.2, 0.25) is 0 Å². The fourth-order valence-electron chi connectivity index (χ4n) is 1.32. The fraction of sp³-hybridized carbons (Fsp3) is 0. The SMILES string of the molecule is O=C(O)c1c[nH]cc1-c1ccc([N+](=O)[O-])s1. The lowest BCUT2D eigenvalue weighted by Gasteiger charge is -1.93. The van der Waals surface area contributed by atoms with E-state index in [0.29, 0.717) is 10.4 Å². The van der Waals surface area contributed by atoms with E-state index >= 15 is 0 Å². The third kappa shape index (κ3) is 1.68. The van der Waals surface area contributed by atoms with E-state index in [9.17, 15) is 14.9 Å². The molecule has 2 rings (SSSR count). The molecule has 0 bridgehead atoms. The first-order valence-electron chi connectivity index (χ1n) is 4.24. The van der Waals surface area contributed by atoms with E-state index in [0.717, 1.165) is 11.3 Å². The summed E-state index contributed by atoms with van der Waals surface area (Å²) < 4.78 is 0. The standard InChI is InChI=1S/C9H6N2O4S/c12-9(13)6-4-10-3-5(6)7-1-2-8(16-7)11(14)15/h1-4,10H,(H,12,13). The van der Waals surface area contributed by atoms with Crippen molar-refractivity contribution in [1.82, 2.24) is 4.98 Å². The van der Waals surface area contributed by atoms with Gasteiger partial charge in [-0.3, -0.25) is 10.1 Å². The smallest absolute Gasteiger partial charge is 0.337 e. The molecule has 0 fully saturated rings. The number of aromatic amines is 1. The summed E-state index contributed by atoms with van der Waals surface area (Å²) in [5.41, 5.74) is 0.572. The average molecular weight is 238 g/mol. The predicted octanol–water partition coefficient (Wildman–Crippen LogP) is 2.35. The minimum atomic E-state index is -1.06. The van der Waals surface area contributed by atoms with E-state index in [1.165, 1.54) is 18.5 Å². The second kappa shape index (κ2) is 3.78. The molecule has 0 aliphatic rings. The lowest BCUT2D eigenvalue weighted by molar-refractivity contribution is -0.380. The van der Waals surface area contributed by atoms with Crippen LogP contribution in [0.1, 0.15) is 10.4 Å². The molecule has 0 spiro atoms. The average Bonchev–Trinajstić information content (AvgIpc) is 2.86. The van der Waals surface area contributed by atoms with Crippen molar-refractivity contribution in [2.75, 3.05) is 0 Å². The Balaban J connectivity index is 2.46. The Bertz CT molecular complexity index is 557. The summed E-state index contributed by atoms with van der Waals surface area (Å²) >= 11 is 0.948. The van der Waals surface area contributed by atoms with Gasteiger partial charge in [0.15, 0.2) is 0 Å². The van der Waals surface area contributed by atoms with Crippen molar-refractivity contribution < 1.29 is 14.8 Å². The number of H-pyrrole nitrogens is 1. The molecule has 0 aliphatic heterocycles. The molecule has 0 aromatic carbocycles. The highest BCUT2D eigenvalue weighted by molar-refractivity contribution is 7.18. The Morgan fingerprint density at radius 2 is 2.19 bits per heavy atom. The second-order valence-corrected chi connectivity index (χ2v) is 4.05. The molecule has 2 N–H and O–H groups in total.